The van der Waals surface area contributed by atoms with Gasteiger partial charge >= 0.3 is 0 Å². The number of nitrogens with zero attached hydrogens (tertiary/aromatic N) is 3. The van der Waals surface area contributed by atoms with Crippen LogP contribution >= 0.6 is 11.8 Å². The van der Waals surface area contributed by atoms with Gasteiger partial charge < -0.3 is 9.32 Å². The highest BCUT2D eigenvalue weighted by atomic mass is 32.2. The van der Waals surface area contributed by atoms with Crippen LogP contribution in [0.15, 0.2) is 20.7 Å². The molecule has 1 fully saturated rings. The predicted octanol–water partition coefficient (Wildman–Crippen LogP) is 1.43. The summed E-state index contributed by atoms with van der Waals surface area (Å²) in [5.41, 5.74) is -0.322. The molecule has 2 aliphatic heterocycles. The molecule has 7 nitrogen and oxygen atoms in total. The summed E-state index contributed by atoms with van der Waals surface area (Å²) in [6.07, 6.45) is 2.39. The van der Waals surface area contributed by atoms with E-state index in [1.165, 1.54) is 6.20 Å². The highest BCUT2D eigenvalue weighted by Crippen LogP contribution is 2.25. The van der Waals surface area contributed by atoms with Crippen LogP contribution in [0.5, 0.6) is 0 Å². The molecule has 0 unspecified atom stereocenters. The van der Waals surface area contributed by atoms with Gasteiger partial charge in [-0.1, -0.05) is 32.5 Å². The van der Waals surface area contributed by atoms with E-state index in [-0.39, 0.29) is 16.5 Å². The smallest absolute Gasteiger partial charge is 0.276 e. The Morgan fingerprint density at radius 1 is 1.39 bits per heavy atom. The fraction of sp³-hybridized carbons (Fsp3) is 0.714. The van der Waals surface area contributed by atoms with Crippen LogP contribution in [0, 0.1) is 0 Å². The molecule has 3 rings (SSSR count). The SMILES string of the molecule is CC(C)(C)c1ncc(S(=O)(=O)NC2CN(C3=NCCCS3)C2)o1. The molecule has 2 aliphatic rings. The van der Waals surface area contributed by atoms with E-state index in [0.29, 0.717) is 19.0 Å². The third kappa shape index (κ3) is 3.72. The zero-order valence-corrected chi connectivity index (χ0v) is 15.2. The van der Waals surface area contributed by atoms with Gasteiger partial charge in [0, 0.05) is 30.8 Å². The Morgan fingerprint density at radius 2 is 2.13 bits per heavy atom. The summed E-state index contributed by atoms with van der Waals surface area (Å²) in [7, 11) is -3.67. The maximum absolute atomic E-state index is 12.4. The summed E-state index contributed by atoms with van der Waals surface area (Å²) in [6.45, 7) is 7.93. The van der Waals surface area contributed by atoms with E-state index in [4.69, 9.17) is 4.42 Å². The van der Waals surface area contributed by atoms with Gasteiger partial charge in [0.1, 0.15) is 0 Å². The van der Waals surface area contributed by atoms with Crippen LogP contribution in [0.2, 0.25) is 0 Å². The topological polar surface area (TPSA) is 87.8 Å². The Kier molecular flexibility index (Phi) is 4.45. The van der Waals surface area contributed by atoms with Gasteiger partial charge in [-0.25, -0.2) is 18.1 Å². The van der Waals surface area contributed by atoms with Gasteiger partial charge in [0.2, 0.25) is 5.89 Å². The first-order valence-electron chi connectivity index (χ1n) is 7.66. The molecule has 23 heavy (non-hydrogen) atoms. The number of nitrogens with one attached hydrogen (secondary N) is 1. The molecule has 0 aromatic carbocycles. The molecule has 0 amide bonds. The van der Waals surface area contributed by atoms with E-state index >= 15 is 0 Å². The lowest BCUT2D eigenvalue weighted by atomic mass is 9.97. The van der Waals surface area contributed by atoms with Gasteiger partial charge in [0.25, 0.3) is 15.1 Å². The maximum atomic E-state index is 12.4. The van der Waals surface area contributed by atoms with E-state index in [2.05, 4.69) is 19.6 Å². The molecule has 0 radical (unpaired) electrons. The van der Waals surface area contributed by atoms with Crippen LogP contribution in [0.1, 0.15) is 33.1 Å². The summed E-state index contributed by atoms with van der Waals surface area (Å²) < 4.78 is 32.8. The number of rotatable bonds is 3. The molecule has 128 valence electrons. The molecule has 0 spiro atoms. The zero-order valence-electron chi connectivity index (χ0n) is 13.6. The van der Waals surface area contributed by atoms with Gasteiger partial charge in [0.05, 0.1) is 12.2 Å². The highest BCUT2D eigenvalue weighted by Gasteiger charge is 2.35. The van der Waals surface area contributed by atoms with Gasteiger partial charge in [-0.05, 0) is 6.42 Å². The second-order valence-electron chi connectivity index (χ2n) is 6.82. The van der Waals surface area contributed by atoms with E-state index < -0.39 is 10.0 Å². The van der Waals surface area contributed by atoms with E-state index in [1.54, 1.807) is 11.8 Å². The lowest BCUT2D eigenvalue weighted by Crippen LogP contribution is -2.60. The number of hydrogen-bond donors (Lipinski definition) is 1. The molecule has 1 N–H and O–H groups in total. The minimum Gasteiger partial charge on any atom is -0.427 e. The number of thioether (sulfide) groups is 1. The molecule has 0 bridgehead atoms. The number of aromatic nitrogens is 1. The van der Waals surface area contributed by atoms with E-state index in [9.17, 15) is 8.42 Å². The molecule has 3 heterocycles. The average Bonchev–Trinajstić information content (AvgIpc) is 2.94. The van der Waals surface area contributed by atoms with Crippen molar-refractivity contribution in [2.45, 2.75) is 43.7 Å². The van der Waals surface area contributed by atoms with E-state index in [1.807, 2.05) is 20.8 Å². The summed E-state index contributed by atoms with van der Waals surface area (Å²) in [6, 6.07) is -0.117. The van der Waals surface area contributed by atoms with Crippen LogP contribution in [-0.2, 0) is 15.4 Å². The second-order valence-corrected chi connectivity index (χ2v) is 9.53. The van der Waals surface area contributed by atoms with Gasteiger partial charge in [-0.3, -0.25) is 4.99 Å². The van der Waals surface area contributed by atoms with Gasteiger partial charge in [-0.2, -0.15) is 0 Å². The van der Waals surface area contributed by atoms with Crippen LogP contribution in [0.3, 0.4) is 0 Å². The van der Waals surface area contributed by atoms with Crippen LogP contribution in [-0.4, -0.2) is 54.9 Å². The zero-order chi connectivity index (χ0) is 16.7. The lowest BCUT2D eigenvalue weighted by Gasteiger charge is -2.41. The Labute approximate surface area is 141 Å². The summed E-state index contributed by atoms with van der Waals surface area (Å²) >= 11 is 1.74. The number of likely N-dealkylation sites (tertiary alicyclic amines) is 1. The van der Waals surface area contributed by atoms with Gasteiger partial charge in [-0.15, -0.1) is 0 Å². The van der Waals surface area contributed by atoms with Crippen molar-refractivity contribution >= 4 is 27.0 Å². The summed E-state index contributed by atoms with van der Waals surface area (Å²) in [4.78, 5) is 10.7. The van der Waals surface area contributed by atoms with Gasteiger partial charge in [0.15, 0.2) is 5.17 Å². The Hall–Kier alpha value is -1.06. The first-order valence-corrected chi connectivity index (χ1v) is 10.1. The third-order valence-corrected chi connectivity index (χ3v) is 6.15. The largest absolute Gasteiger partial charge is 0.427 e. The summed E-state index contributed by atoms with van der Waals surface area (Å²) in [5.74, 6) is 1.50. The molecule has 1 aromatic heterocycles. The molecule has 0 atom stereocenters. The Morgan fingerprint density at radius 3 is 2.70 bits per heavy atom. The molecule has 0 aliphatic carbocycles. The first-order chi connectivity index (χ1) is 10.8. The van der Waals surface area contributed by atoms with Crippen LogP contribution < -0.4 is 4.72 Å². The second kappa shape index (κ2) is 6.10. The predicted molar refractivity (Wildman–Crippen MR) is 90.3 cm³/mol. The minimum atomic E-state index is -3.67. The quantitative estimate of drug-likeness (QED) is 0.879. The van der Waals surface area contributed by atoms with Crippen molar-refractivity contribution in [3.05, 3.63) is 12.1 Å². The third-order valence-electron chi connectivity index (χ3n) is 3.65. The molecule has 1 saturated heterocycles. The monoisotopic (exact) mass is 358 g/mol. The first kappa shape index (κ1) is 16.8. The maximum Gasteiger partial charge on any atom is 0.276 e. The highest BCUT2D eigenvalue weighted by molar-refractivity contribution is 8.13. The van der Waals surface area contributed by atoms with Crippen molar-refractivity contribution in [2.24, 2.45) is 4.99 Å². The van der Waals surface area contributed by atoms with Crippen LogP contribution in [0.4, 0.5) is 0 Å². The van der Waals surface area contributed by atoms with Crippen molar-refractivity contribution < 1.29 is 12.8 Å². The number of hydrogen-bond acceptors (Lipinski definition) is 7. The van der Waals surface area contributed by atoms with Crippen molar-refractivity contribution in [3.8, 4) is 0 Å². The number of amidine groups is 1. The molecular formula is C14H22N4O3S2. The number of oxazole rings is 1. The standard InChI is InChI=1S/C14H22N4O3S2/c1-14(2,3)12-16-7-11(21-12)23(19,20)17-10-8-18(9-10)13-15-5-4-6-22-13/h7,10,17H,4-6,8-9H2,1-3H3. The number of aliphatic imine (C=N–C) groups is 1. The average molecular weight is 358 g/mol. The molecule has 0 saturated carbocycles. The Bertz CT molecular complexity index is 700. The van der Waals surface area contributed by atoms with Crippen molar-refractivity contribution in [2.75, 3.05) is 25.4 Å². The summed E-state index contributed by atoms with van der Waals surface area (Å²) in [5, 5.41) is 0.909. The van der Waals surface area contributed by atoms with Crippen molar-refractivity contribution in [1.82, 2.24) is 14.6 Å². The Balaban J connectivity index is 1.60. The molecule has 9 heteroatoms. The fourth-order valence-corrected chi connectivity index (χ4v) is 4.41. The lowest BCUT2D eigenvalue weighted by molar-refractivity contribution is 0.241. The van der Waals surface area contributed by atoms with Crippen molar-refractivity contribution in [1.29, 1.82) is 0 Å². The minimum absolute atomic E-state index is 0.117. The van der Waals surface area contributed by atoms with Crippen molar-refractivity contribution in [3.63, 3.8) is 0 Å². The molecular weight excluding hydrogens is 336 g/mol. The van der Waals surface area contributed by atoms with E-state index in [0.717, 1.165) is 23.9 Å². The fourth-order valence-electron chi connectivity index (χ4n) is 2.36. The normalized spacial score (nSPS) is 20.3. The molecule has 1 aromatic rings. The number of sulfonamides is 1. The van der Waals surface area contributed by atoms with Crippen LogP contribution in [0.25, 0.3) is 0 Å².